The van der Waals surface area contributed by atoms with Crippen LogP contribution >= 0.6 is 11.8 Å². The van der Waals surface area contributed by atoms with Crippen molar-refractivity contribution in [3.05, 3.63) is 47.8 Å². The zero-order valence-corrected chi connectivity index (χ0v) is 12.5. The minimum atomic E-state index is -0.317. The Balaban J connectivity index is 1.97. The number of thioether (sulfide) groups is 1. The van der Waals surface area contributed by atoms with Crippen LogP contribution in [-0.4, -0.2) is 21.1 Å². The van der Waals surface area contributed by atoms with Crippen LogP contribution in [-0.2, 0) is 4.79 Å². The van der Waals surface area contributed by atoms with E-state index in [9.17, 15) is 4.79 Å². The Morgan fingerprint density at radius 1 is 1.33 bits per heavy atom. The highest BCUT2D eigenvalue weighted by molar-refractivity contribution is 8.00. The van der Waals surface area contributed by atoms with Gasteiger partial charge in [-0.2, -0.15) is 5.26 Å². The fraction of sp³-hybridized carbons (Fsp3) is 0.200. The van der Waals surface area contributed by atoms with Gasteiger partial charge >= 0.3 is 0 Å². The number of nitrogens with zero attached hydrogens (tertiary/aromatic N) is 3. The van der Waals surface area contributed by atoms with Gasteiger partial charge in [0.2, 0.25) is 5.91 Å². The molecule has 2 rings (SSSR count). The van der Waals surface area contributed by atoms with Crippen molar-refractivity contribution in [2.75, 3.05) is 5.32 Å². The van der Waals surface area contributed by atoms with Crippen LogP contribution in [0, 0.1) is 18.3 Å². The van der Waals surface area contributed by atoms with E-state index in [1.54, 1.807) is 37.4 Å². The average Bonchev–Trinajstić information content (AvgIpc) is 2.48. The summed E-state index contributed by atoms with van der Waals surface area (Å²) in [5.41, 5.74) is 2.09. The lowest BCUT2D eigenvalue weighted by Gasteiger charge is -2.11. The Morgan fingerprint density at radius 3 is 2.67 bits per heavy atom. The molecule has 0 bridgehead atoms. The molecule has 0 fully saturated rings. The second-order valence-corrected chi connectivity index (χ2v) is 5.73. The molecule has 0 saturated carbocycles. The van der Waals surface area contributed by atoms with Gasteiger partial charge in [-0.05, 0) is 44.2 Å². The molecule has 5 nitrogen and oxygen atoms in total. The maximum Gasteiger partial charge on any atom is 0.237 e. The number of aryl methyl sites for hydroxylation is 1. The normalized spacial score (nSPS) is 11.5. The minimum absolute atomic E-state index is 0.130. The quantitative estimate of drug-likeness (QED) is 0.693. The van der Waals surface area contributed by atoms with Crippen LogP contribution in [0.15, 0.2) is 41.7 Å². The van der Waals surface area contributed by atoms with Gasteiger partial charge in [-0.15, -0.1) is 0 Å². The first-order valence-electron chi connectivity index (χ1n) is 6.36. The van der Waals surface area contributed by atoms with Gasteiger partial charge in [-0.3, -0.25) is 4.79 Å². The number of carbonyl (C=O) groups excluding carboxylic acids is 1. The van der Waals surface area contributed by atoms with E-state index in [1.165, 1.54) is 11.8 Å². The molecule has 1 heterocycles. The van der Waals surface area contributed by atoms with Crippen molar-refractivity contribution in [2.45, 2.75) is 24.3 Å². The summed E-state index contributed by atoms with van der Waals surface area (Å²) >= 11 is 1.31. The molecule has 6 heteroatoms. The van der Waals surface area contributed by atoms with Crippen molar-refractivity contribution < 1.29 is 4.79 Å². The number of benzene rings is 1. The van der Waals surface area contributed by atoms with Crippen LogP contribution in [0.3, 0.4) is 0 Å². The summed E-state index contributed by atoms with van der Waals surface area (Å²) < 4.78 is 0. The van der Waals surface area contributed by atoms with E-state index in [0.29, 0.717) is 16.4 Å². The van der Waals surface area contributed by atoms with E-state index in [0.717, 1.165) is 5.69 Å². The molecule has 1 aromatic carbocycles. The third-order valence-electron chi connectivity index (χ3n) is 2.71. The number of carbonyl (C=O) groups is 1. The number of nitrogens with one attached hydrogen (secondary N) is 1. The summed E-state index contributed by atoms with van der Waals surface area (Å²) in [7, 11) is 0. The van der Waals surface area contributed by atoms with E-state index < -0.39 is 0 Å². The Kier molecular flexibility index (Phi) is 4.90. The molecule has 1 N–H and O–H groups in total. The lowest BCUT2D eigenvalue weighted by molar-refractivity contribution is -0.115. The van der Waals surface area contributed by atoms with Crippen molar-refractivity contribution in [1.82, 2.24) is 9.97 Å². The Labute approximate surface area is 127 Å². The number of hydrogen-bond donors (Lipinski definition) is 1. The summed E-state index contributed by atoms with van der Waals surface area (Å²) in [5.74, 6) is -0.130. The number of hydrogen-bond acceptors (Lipinski definition) is 5. The molecule has 21 heavy (non-hydrogen) atoms. The van der Waals surface area contributed by atoms with Gasteiger partial charge in [-0.25, -0.2) is 9.97 Å². The van der Waals surface area contributed by atoms with Gasteiger partial charge in [0.1, 0.15) is 0 Å². The highest BCUT2D eigenvalue weighted by atomic mass is 32.2. The highest BCUT2D eigenvalue weighted by Gasteiger charge is 2.16. The van der Waals surface area contributed by atoms with Gasteiger partial charge in [-0.1, -0.05) is 11.8 Å². The molecule has 0 spiro atoms. The topological polar surface area (TPSA) is 78.7 Å². The van der Waals surface area contributed by atoms with Crippen LogP contribution in [0.25, 0.3) is 0 Å². The number of rotatable bonds is 4. The second-order valence-electron chi connectivity index (χ2n) is 4.42. The highest BCUT2D eigenvalue weighted by Crippen LogP contribution is 2.20. The maximum absolute atomic E-state index is 12.1. The number of aromatic nitrogens is 2. The summed E-state index contributed by atoms with van der Waals surface area (Å²) in [5, 5.41) is 11.8. The molecule has 0 radical (unpaired) electrons. The molecule has 0 aliphatic carbocycles. The Morgan fingerprint density at radius 2 is 2.05 bits per heavy atom. The summed E-state index contributed by atoms with van der Waals surface area (Å²) in [6.07, 6.45) is 1.68. The van der Waals surface area contributed by atoms with Crippen molar-refractivity contribution in [1.29, 1.82) is 5.26 Å². The van der Waals surface area contributed by atoms with Gasteiger partial charge in [0.15, 0.2) is 5.16 Å². The zero-order valence-electron chi connectivity index (χ0n) is 11.7. The largest absolute Gasteiger partial charge is 0.325 e. The summed E-state index contributed by atoms with van der Waals surface area (Å²) in [6, 6.07) is 10.6. The van der Waals surface area contributed by atoms with Crippen molar-refractivity contribution in [3.8, 4) is 6.07 Å². The van der Waals surface area contributed by atoms with E-state index >= 15 is 0 Å². The first-order valence-corrected chi connectivity index (χ1v) is 7.24. The third-order valence-corrected chi connectivity index (χ3v) is 3.68. The van der Waals surface area contributed by atoms with Crippen molar-refractivity contribution in [3.63, 3.8) is 0 Å². The van der Waals surface area contributed by atoms with Crippen LogP contribution < -0.4 is 5.32 Å². The van der Waals surface area contributed by atoms with Crippen LogP contribution in [0.2, 0.25) is 0 Å². The number of amides is 1. The van der Waals surface area contributed by atoms with Gasteiger partial charge < -0.3 is 5.32 Å². The summed E-state index contributed by atoms with van der Waals surface area (Å²) in [4.78, 5) is 20.5. The molecule has 0 saturated heterocycles. The second kappa shape index (κ2) is 6.86. The number of anilines is 1. The van der Waals surface area contributed by atoms with Crippen LogP contribution in [0.4, 0.5) is 5.69 Å². The lowest BCUT2D eigenvalue weighted by Crippen LogP contribution is -2.22. The van der Waals surface area contributed by atoms with Crippen LogP contribution in [0.1, 0.15) is 18.2 Å². The average molecular weight is 298 g/mol. The first-order chi connectivity index (χ1) is 10.1. The zero-order chi connectivity index (χ0) is 15.2. The van der Waals surface area contributed by atoms with Gasteiger partial charge in [0, 0.05) is 17.6 Å². The van der Waals surface area contributed by atoms with E-state index in [2.05, 4.69) is 15.3 Å². The molecule has 1 aromatic heterocycles. The standard InChI is InChI=1S/C15H14N4OS/c1-10-7-8-17-15(18-10)21-11(2)14(20)19-13-5-3-12(9-16)4-6-13/h3-8,11H,1-2H3,(H,19,20). The monoisotopic (exact) mass is 298 g/mol. The van der Waals surface area contributed by atoms with Gasteiger partial charge in [0.05, 0.1) is 16.9 Å². The molecule has 0 aliphatic heterocycles. The van der Waals surface area contributed by atoms with E-state index in [1.807, 2.05) is 19.1 Å². The molecule has 2 aromatic rings. The Bertz CT molecular complexity index is 679. The molecule has 0 aliphatic rings. The molecule has 1 atom stereocenters. The minimum Gasteiger partial charge on any atom is -0.325 e. The predicted molar refractivity (Wildman–Crippen MR) is 81.9 cm³/mol. The molecular weight excluding hydrogens is 284 g/mol. The van der Waals surface area contributed by atoms with E-state index in [4.69, 9.17) is 5.26 Å². The first kappa shape index (κ1) is 15.0. The third kappa shape index (κ3) is 4.29. The fourth-order valence-corrected chi connectivity index (χ4v) is 2.37. The maximum atomic E-state index is 12.1. The SMILES string of the molecule is Cc1ccnc(SC(C)C(=O)Nc2ccc(C#N)cc2)n1. The molecule has 1 amide bonds. The predicted octanol–water partition coefficient (Wildman–Crippen LogP) is 2.78. The number of nitriles is 1. The molecule has 1 unspecified atom stereocenters. The Hall–Kier alpha value is -2.39. The van der Waals surface area contributed by atoms with Gasteiger partial charge in [0.25, 0.3) is 0 Å². The molecular formula is C15H14N4OS. The molecule has 106 valence electrons. The van der Waals surface area contributed by atoms with Crippen LogP contribution in [0.5, 0.6) is 0 Å². The fourth-order valence-electron chi connectivity index (χ4n) is 1.57. The lowest BCUT2D eigenvalue weighted by atomic mass is 10.2. The van der Waals surface area contributed by atoms with Crippen molar-refractivity contribution >= 4 is 23.4 Å². The van der Waals surface area contributed by atoms with E-state index in [-0.39, 0.29) is 11.2 Å². The summed E-state index contributed by atoms with van der Waals surface area (Å²) in [6.45, 7) is 3.68. The smallest absolute Gasteiger partial charge is 0.237 e. The van der Waals surface area contributed by atoms with Crippen molar-refractivity contribution in [2.24, 2.45) is 0 Å².